The predicted octanol–water partition coefficient (Wildman–Crippen LogP) is 4.99. The summed E-state index contributed by atoms with van der Waals surface area (Å²) in [5.74, 6) is 2.93. The van der Waals surface area contributed by atoms with E-state index in [9.17, 15) is 4.79 Å². The van der Waals surface area contributed by atoms with Gasteiger partial charge in [0.15, 0.2) is 11.0 Å². The highest BCUT2D eigenvalue weighted by molar-refractivity contribution is 7.98. The molecular weight excluding hydrogens is 456 g/mol. The zero-order valence-electron chi connectivity index (χ0n) is 18.4. The van der Waals surface area contributed by atoms with E-state index in [1.807, 2.05) is 35.7 Å². The number of thiophene rings is 1. The second kappa shape index (κ2) is 9.96. The average molecular weight is 483 g/mol. The van der Waals surface area contributed by atoms with Gasteiger partial charge < -0.3 is 19.6 Å². The molecule has 33 heavy (non-hydrogen) atoms. The Morgan fingerprint density at radius 3 is 2.97 bits per heavy atom. The van der Waals surface area contributed by atoms with Crippen LogP contribution in [0.4, 0.5) is 5.69 Å². The number of ether oxygens (including phenoxy) is 1. The number of fused-ring (bicyclic) bond motifs is 1. The highest BCUT2D eigenvalue weighted by Gasteiger charge is 2.23. The van der Waals surface area contributed by atoms with Crippen molar-refractivity contribution in [3.8, 4) is 5.75 Å². The molecule has 3 aromatic heterocycles. The molecule has 10 heteroatoms. The smallest absolute Gasteiger partial charge is 0.268 e. The number of rotatable bonds is 8. The number of aromatic nitrogens is 5. The molecule has 0 atom stereocenters. The van der Waals surface area contributed by atoms with Crippen LogP contribution in [0.3, 0.4) is 0 Å². The highest BCUT2D eigenvalue weighted by Crippen LogP contribution is 2.33. The fourth-order valence-corrected chi connectivity index (χ4v) is 5.89. The lowest BCUT2D eigenvalue weighted by Gasteiger charge is -2.25. The Balaban J connectivity index is 1.36. The number of hydrogen-bond acceptors (Lipinski definition) is 8. The molecule has 1 aromatic carbocycles. The largest absolute Gasteiger partial charge is 0.497 e. The maximum Gasteiger partial charge on any atom is 0.268 e. The van der Waals surface area contributed by atoms with Gasteiger partial charge in [0.1, 0.15) is 16.3 Å². The molecule has 0 bridgehead atoms. The van der Waals surface area contributed by atoms with E-state index in [0.717, 1.165) is 40.8 Å². The number of hydrogen-bond donors (Lipinski definition) is 2. The van der Waals surface area contributed by atoms with Crippen LogP contribution in [0, 0.1) is 0 Å². The minimum absolute atomic E-state index is 0.0810. The topological polar surface area (TPSA) is 97.7 Å². The summed E-state index contributed by atoms with van der Waals surface area (Å²) in [6, 6.07) is 10.2. The first-order valence-electron chi connectivity index (χ1n) is 11.1. The Hall–Kier alpha value is -2.85. The number of nitrogens with zero attached hydrogens (tertiary/aromatic N) is 4. The van der Waals surface area contributed by atoms with Gasteiger partial charge in [-0.25, -0.2) is 4.98 Å². The average Bonchev–Trinajstić information content (AvgIpc) is 3.49. The molecular formula is C23H26N6O2S2. The second-order valence-electron chi connectivity index (χ2n) is 8.08. The summed E-state index contributed by atoms with van der Waals surface area (Å²) in [6.45, 7) is 0.577. The van der Waals surface area contributed by atoms with Crippen LogP contribution in [0.2, 0.25) is 0 Å². The van der Waals surface area contributed by atoms with Crippen molar-refractivity contribution in [2.24, 2.45) is 0 Å². The number of anilines is 1. The van der Waals surface area contributed by atoms with Gasteiger partial charge in [-0.15, -0.1) is 21.5 Å². The molecule has 1 saturated carbocycles. The Bertz CT molecular complexity index is 1290. The van der Waals surface area contributed by atoms with Gasteiger partial charge in [-0.05, 0) is 36.4 Å². The quantitative estimate of drug-likeness (QED) is 0.341. The summed E-state index contributed by atoms with van der Waals surface area (Å²) in [4.78, 5) is 19.8. The molecule has 1 aliphatic rings. The maximum atomic E-state index is 12.3. The first kappa shape index (κ1) is 22.0. The first-order valence-corrected chi connectivity index (χ1v) is 13.0. The van der Waals surface area contributed by atoms with Crippen molar-refractivity contribution in [3.05, 3.63) is 57.7 Å². The number of methoxy groups -OCH3 is 1. The fourth-order valence-electron chi connectivity index (χ4n) is 4.27. The molecule has 4 aromatic rings. The van der Waals surface area contributed by atoms with Crippen LogP contribution < -0.4 is 15.6 Å². The Morgan fingerprint density at radius 2 is 2.12 bits per heavy atom. The SMILES string of the molecule is COc1cccc(NCc2nnc(SCc3nc4ccsc4c(=O)[nH]3)n2C2CCCCC2)c1. The van der Waals surface area contributed by atoms with Crippen LogP contribution in [0.1, 0.15) is 49.8 Å². The van der Waals surface area contributed by atoms with E-state index in [-0.39, 0.29) is 5.56 Å². The van der Waals surface area contributed by atoms with E-state index >= 15 is 0 Å². The van der Waals surface area contributed by atoms with E-state index < -0.39 is 0 Å². The molecule has 0 saturated heterocycles. The van der Waals surface area contributed by atoms with Crippen LogP contribution in [-0.4, -0.2) is 31.8 Å². The van der Waals surface area contributed by atoms with Crippen LogP contribution >= 0.6 is 23.1 Å². The molecule has 5 rings (SSSR count). The lowest BCUT2D eigenvalue weighted by atomic mass is 9.95. The Labute approximate surface area is 199 Å². The number of benzene rings is 1. The van der Waals surface area contributed by atoms with Crippen LogP contribution in [0.5, 0.6) is 5.75 Å². The molecule has 0 unspecified atom stereocenters. The summed E-state index contributed by atoms with van der Waals surface area (Å²) in [5, 5.41) is 15.3. The van der Waals surface area contributed by atoms with Gasteiger partial charge in [-0.3, -0.25) is 4.79 Å². The fraction of sp³-hybridized carbons (Fsp3) is 0.391. The van der Waals surface area contributed by atoms with Crippen LogP contribution in [0.15, 0.2) is 45.7 Å². The van der Waals surface area contributed by atoms with Gasteiger partial charge >= 0.3 is 0 Å². The summed E-state index contributed by atoms with van der Waals surface area (Å²) >= 11 is 2.99. The van der Waals surface area contributed by atoms with E-state index in [1.54, 1.807) is 18.9 Å². The third kappa shape index (κ3) is 4.91. The molecule has 1 aliphatic carbocycles. The van der Waals surface area contributed by atoms with Crippen molar-refractivity contribution in [2.75, 3.05) is 12.4 Å². The van der Waals surface area contributed by atoms with Crippen molar-refractivity contribution in [3.63, 3.8) is 0 Å². The number of thioether (sulfide) groups is 1. The maximum absolute atomic E-state index is 12.3. The minimum Gasteiger partial charge on any atom is -0.497 e. The van der Waals surface area contributed by atoms with Gasteiger partial charge in [-0.1, -0.05) is 37.1 Å². The third-order valence-electron chi connectivity index (χ3n) is 5.90. The molecule has 0 amide bonds. The van der Waals surface area contributed by atoms with Crippen molar-refractivity contribution in [1.82, 2.24) is 24.7 Å². The Morgan fingerprint density at radius 1 is 1.24 bits per heavy atom. The van der Waals surface area contributed by atoms with E-state index in [1.165, 1.54) is 30.6 Å². The number of H-pyrrole nitrogens is 1. The minimum atomic E-state index is -0.0810. The van der Waals surface area contributed by atoms with E-state index in [2.05, 4.69) is 30.0 Å². The monoisotopic (exact) mass is 482 g/mol. The lowest BCUT2D eigenvalue weighted by molar-refractivity contribution is 0.330. The lowest BCUT2D eigenvalue weighted by Crippen LogP contribution is -2.18. The summed E-state index contributed by atoms with van der Waals surface area (Å²) in [7, 11) is 1.67. The molecule has 172 valence electrons. The molecule has 3 heterocycles. The zero-order valence-corrected chi connectivity index (χ0v) is 20.0. The predicted molar refractivity (Wildman–Crippen MR) is 132 cm³/mol. The van der Waals surface area contributed by atoms with Gasteiger partial charge in [0.05, 0.1) is 24.9 Å². The van der Waals surface area contributed by atoms with E-state index in [0.29, 0.717) is 28.9 Å². The molecule has 8 nitrogen and oxygen atoms in total. The summed E-state index contributed by atoms with van der Waals surface area (Å²) < 4.78 is 8.28. The van der Waals surface area contributed by atoms with Crippen molar-refractivity contribution < 1.29 is 4.74 Å². The molecule has 2 N–H and O–H groups in total. The molecule has 0 aliphatic heterocycles. The highest BCUT2D eigenvalue weighted by atomic mass is 32.2. The number of aromatic amines is 1. The normalized spacial score (nSPS) is 14.6. The van der Waals surface area contributed by atoms with E-state index in [4.69, 9.17) is 4.74 Å². The summed E-state index contributed by atoms with van der Waals surface area (Å²) in [6.07, 6.45) is 5.99. The van der Waals surface area contributed by atoms with Crippen LogP contribution in [0.25, 0.3) is 10.2 Å². The molecule has 1 fully saturated rings. The van der Waals surface area contributed by atoms with Crippen LogP contribution in [-0.2, 0) is 12.3 Å². The second-order valence-corrected chi connectivity index (χ2v) is 9.94. The van der Waals surface area contributed by atoms with Crippen molar-refractivity contribution in [2.45, 2.75) is 55.6 Å². The van der Waals surface area contributed by atoms with Gasteiger partial charge in [0.25, 0.3) is 5.56 Å². The summed E-state index contributed by atoms with van der Waals surface area (Å²) in [5.41, 5.74) is 1.64. The third-order valence-corrected chi connectivity index (χ3v) is 7.75. The van der Waals surface area contributed by atoms with Gasteiger partial charge in [0, 0.05) is 17.8 Å². The van der Waals surface area contributed by atoms with Crippen molar-refractivity contribution in [1.29, 1.82) is 0 Å². The van der Waals surface area contributed by atoms with Gasteiger partial charge in [0.2, 0.25) is 0 Å². The molecule has 0 spiro atoms. The first-order chi connectivity index (χ1) is 16.2. The van der Waals surface area contributed by atoms with Crippen molar-refractivity contribution >= 4 is 39.0 Å². The van der Waals surface area contributed by atoms with Gasteiger partial charge in [-0.2, -0.15) is 0 Å². The standard InChI is InChI=1S/C23H26N6O2S2/c1-31-17-9-5-6-15(12-17)24-13-20-27-28-23(29(20)16-7-3-2-4-8-16)33-14-19-25-18-10-11-32-21(18)22(30)26-19/h5-6,9-12,16,24H,2-4,7-8,13-14H2,1H3,(H,25,26,30). The Kier molecular flexibility index (Phi) is 6.63. The molecule has 0 radical (unpaired) electrons. The zero-order chi connectivity index (χ0) is 22.6. The number of nitrogens with one attached hydrogen (secondary N) is 2.